The highest BCUT2D eigenvalue weighted by molar-refractivity contribution is 5.93. The van der Waals surface area contributed by atoms with Crippen molar-refractivity contribution in [1.82, 2.24) is 10.3 Å². The second-order valence-corrected chi connectivity index (χ2v) is 5.40. The van der Waals surface area contributed by atoms with Gasteiger partial charge in [0.2, 0.25) is 5.91 Å². The number of carbonyl (C=O) groups excluding carboxylic acids is 1. The highest BCUT2D eigenvalue weighted by atomic mass is 16.5. The smallest absolute Gasteiger partial charge is 0.226 e. The van der Waals surface area contributed by atoms with Crippen LogP contribution >= 0.6 is 0 Å². The lowest BCUT2D eigenvalue weighted by atomic mass is 10.1. The monoisotopic (exact) mass is 287 g/mol. The van der Waals surface area contributed by atoms with Gasteiger partial charge >= 0.3 is 0 Å². The number of aromatic nitrogens is 1. The van der Waals surface area contributed by atoms with E-state index in [0.29, 0.717) is 19.1 Å². The summed E-state index contributed by atoms with van der Waals surface area (Å²) in [5.41, 5.74) is 1.90. The van der Waals surface area contributed by atoms with Gasteiger partial charge in [-0.2, -0.15) is 0 Å². The van der Waals surface area contributed by atoms with E-state index < -0.39 is 0 Å². The number of H-pyrrole nitrogens is 1. The Hall–Kier alpha value is -1.85. The number of hydrogen-bond donors (Lipinski definition) is 3. The lowest BCUT2D eigenvalue weighted by molar-refractivity contribution is -0.117. The fourth-order valence-corrected chi connectivity index (χ4v) is 2.63. The van der Waals surface area contributed by atoms with Crippen molar-refractivity contribution in [1.29, 1.82) is 0 Å². The minimum Gasteiger partial charge on any atom is -0.378 e. The van der Waals surface area contributed by atoms with Gasteiger partial charge in [0.25, 0.3) is 0 Å². The van der Waals surface area contributed by atoms with E-state index in [0.717, 1.165) is 42.5 Å². The number of anilines is 1. The van der Waals surface area contributed by atoms with Crippen LogP contribution in [0.2, 0.25) is 0 Å². The van der Waals surface area contributed by atoms with Crippen molar-refractivity contribution in [2.24, 2.45) is 0 Å². The van der Waals surface area contributed by atoms with Gasteiger partial charge in [-0.05, 0) is 50.2 Å². The summed E-state index contributed by atoms with van der Waals surface area (Å²) in [6, 6.07) is 7.84. The van der Waals surface area contributed by atoms with E-state index in [1.54, 1.807) is 0 Å². The molecule has 1 aliphatic heterocycles. The van der Waals surface area contributed by atoms with Gasteiger partial charge in [0.1, 0.15) is 0 Å². The summed E-state index contributed by atoms with van der Waals surface area (Å²) in [7, 11) is 0. The molecule has 1 fully saturated rings. The predicted octanol–water partition coefficient (Wildman–Crippen LogP) is 2.27. The number of aromatic amines is 1. The molecule has 1 aromatic carbocycles. The molecule has 0 bridgehead atoms. The molecule has 0 aliphatic carbocycles. The molecule has 0 atom stereocenters. The van der Waals surface area contributed by atoms with Crippen LogP contribution in [-0.2, 0) is 9.53 Å². The third-order valence-electron chi connectivity index (χ3n) is 3.81. The van der Waals surface area contributed by atoms with Gasteiger partial charge in [-0.1, -0.05) is 0 Å². The number of rotatable bonds is 5. The van der Waals surface area contributed by atoms with E-state index in [9.17, 15) is 4.79 Å². The average molecular weight is 287 g/mol. The van der Waals surface area contributed by atoms with Crippen LogP contribution < -0.4 is 10.6 Å². The summed E-state index contributed by atoms with van der Waals surface area (Å²) in [6.07, 6.45) is 4.66. The molecule has 2 aromatic rings. The predicted molar refractivity (Wildman–Crippen MR) is 83.4 cm³/mol. The number of piperidine rings is 1. The van der Waals surface area contributed by atoms with E-state index in [2.05, 4.69) is 15.6 Å². The van der Waals surface area contributed by atoms with Crippen LogP contribution in [0, 0.1) is 0 Å². The molecule has 21 heavy (non-hydrogen) atoms. The molecule has 1 amide bonds. The third-order valence-corrected chi connectivity index (χ3v) is 3.81. The van der Waals surface area contributed by atoms with E-state index in [1.807, 2.05) is 30.5 Å². The first-order valence-corrected chi connectivity index (χ1v) is 7.50. The molecule has 5 heteroatoms. The van der Waals surface area contributed by atoms with Gasteiger partial charge in [-0.15, -0.1) is 0 Å². The molecule has 1 aliphatic rings. The third kappa shape index (κ3) is 3.83. The minimum atomic E-state index is -0.00109. The molecule has 0 radical (unpaired) electrons. The first kappa shape index (κ1) is 14.1. The molecule has 0 unspecified atom stereocenters. The van der Waals surface area contributed by atoms with Gasteiger partial charge in [0.15, 0.2) is 0 Å². The highest BCUT2D eigenvalue weighted by Crippen LogP contribution is 2.18. The second kappa shape index (κ2) is 6.74. The number of amides is 1. The minimum absolute atomic E-state index is 0.00109. The van der Waals surface area contributed by atoms with Crippen LogP contribution in [0.5, 0.6) is 0 Å². The van der Waals surface area contributed by atoms with Crippen molar-refractivity contribution in [2.75, 3.05) is 25.0 Å². The van der Waals surface area contributed by atoms with Gasteiger partial charge in [0.05, 0.1) is 19.1 Å². The van der Waals surface area contributed by atoms with Crippen LogP contribution in [0.15, 0.2) is 30.5 Å². The molecule has 0 saturated carbocycles. The number of nitrogens with one attached hydrogen (secondary N) is 3. The number of benzene rings is 1. The zero-order chi connectivity index (χ0) is 14.5. The number of fused-ring (bicyclic) bond motifs is 1. The summed E-state index contributed by atoms with van der Waals surface area (Å²) in [5.74, 6) is -0.00109. The largest absolute Gasteiger partial charge is 0.378 e. The Morgan fingerprint density at radius 2 is 2.14 bits per heavy atom. The highest BCUT2D eigenvalue weighted by Gasteiger charge is 2.13. The fourth-order valence-electron chi connectivity index (χ4n) is 2.63. The van der Waals surface area contributed by atoms with E-state index in [-0.39, 0.29) is 5.91 Å². The van der Waals surface area contributed by atoms with Crippen LogP contribution in [-0.4, -0.2) is 36.7 Å². The zero-order valence-corrected chi connectivity index (χ0v) is 12.0. The van der Waals surface area contributed by atoms with E-state index in [1.165, 1.54) is 0 Å². The SMILES string of the molecule is O=C(CCOC1CCNCC1)Nc1ccc2[nH]ccc2c1. The molecule has 1 aromatic heterocycles. The first-order valence-electron chi connectivity index (χ1n) is 7.50. The Morgan fingerprint density at radius 3 is 3.00 bits per heavy atom. The number of hydrogen-bond acceptors (Lipinski definition) is 3. The van der Waals surface area contributed by atoms with Gasteiger partial charge in [-0.3, -0.25) is 4.79 Å². The Morgan fingerprint density at radius 1 is 1.29 bits per heavy atom. The molecule has 0 spiro atoms. The molecule has 112 valence electrons. The maximum absolute atomic E-state index is 11.9. The second-order valence-electron chi connectivity index (χ2n) is 5.40. The van der Waals surface area contributed by atoms with Crippen molar-refractivity contribution < 1.29 is 9.53 Å². The van der Waals surface area contributed by atoms with Crippen LogP contribution in [0.1, 0.15) is 19.3 Å². The summed E-state index contributed by atoms with van der Waals surface area (Å²) >= 11 is 0. The van der Waals surface area contributed by atoms with Crippen molar-refractivity contribution >= 4 is 22.5 Å². The lowest BCUT2D eigenvalue weighted by Crippen LogP contribution is -2.33. The van der Waals surface area contributed by atoms with Gasteiger partial charge in [-0.25, -0.2) is 0 Å². The number of carbonyl (C=O) groups is 1. The fraction of sp³-hybridized carbons (Fsp3) is 0.438. The summed E-state index contributed by atoms with van der Waals surface area (Å²) in [4.78, 5) is 15.1. The van der Waals surface area contributed by atoms with Crippen molar-refractivity contribution in [3.05, 3.63) is 30.5 Å². The number of ether oxygens (including phenoxy) is 1. The zero-order valence-electron chi connectivity index (χ0n) is 12.0. The van der Waals surface area contributed by atoms with Crippen LogP contribution in [0.25, 0.3) is 10.9 Å². The van der Waals surface area contributed by atoms with Crippen molar-refractivity contribution in [3.63, 3.8) is 0 Å². The summed E-state index contributed by atoms with van der Waals surface area (Å²) < 4.78 is 5.74. The van der Waals surface area contributed by atoms with Crippen LogP contribution in [0.4, 0.5) is 5.69 Å². The Kier molecular flexibility index (Phi) is 4.52. The Labute approximate surface area is 124 Å². The van der Waals surface area contributed by atoms with Crippen LogP contribution in [0.3, 0.4) is 0 Å². The standard InChI is InChI=1S/C16H21N3O2/c20-16(6-10-21-14-4-7-17-8-5-14)19-13-1-2-15-12(11-13)3-9-18-15/h1-3,9,11,14,17-18H,4-8,10H2,(H,19,20). The molecular formula is C16H21N3O2. The average Bonchev–Trinajstić information content (AvgIpc) is 2.96. The molecule has 2 heterocycles. The quantitative estimate of drug-likeness (QED) is 0.790. The maximum atomic E-state index is 11.9. The van der Waals surface area contributed by atoms with Crippen molar-refractivity contribution in [3.8, 4) is 0 Å². The lowest BCUT2D eigenvalue weighted by Gasteiger charge is -2.22. The molecule has 1 saturated heterocycles. The topological polar surface area (TPSA) is 66.2 Å². The molecule has 5 nitrogen and oxygen atoms in total. The Balaban J connectivity index is 1.44. The van der Waals surface area contributed by atoms with E-state index >= 15 is 0 Å². The molecular weight excluding hydrogens is 266 g/mol. The molecule has 3 N–H and O–H groups in total. The van der Waals surface area contributed by atoms with E-state index in [4.69, 9.17) is 4.74 Å². The normalized spacial score (nSPS) is 16.2. The summed E-state index contributed by atoms with van der Waals surface area (Å²) in [6.45, 7) is 2.50. The first-order chi connectivity index (χ1) is 10.3. The maximum Gasteiger partial charge on any atom is 0.226 e. The van der Waals surface area contributed by atoms with Crippen molar-refractivity contribution in [2.45, 2.75) is 25.4 Å². The Bertz CT molecular complexity index is 602. The summed E-state index contributed by atoms with van der Waals surface area (Å²) in [5, 5.41) is 7.31. The van der Waals surface area contributed by atoms with Gasteiger partial charge < -0.3 is 20.4 Å². The molecule has 3 rings (SSSR count). The van der Waals surface area contributed by atoms with Gasteiger partial charge in [0, 0.05) is 22.8 Å².